The van der Waals surface area contributed by atoms with Crippen LogP contribution in [-0.4, -0.2) is 30.4 Å². The summed E-state index contributed by atoms with van der Waals surface area (Å²) in [5.74, 6) is -0.977. The van der Waals surface area contributed by atoms with Gasteiger partial charge in [-0.05, 0) is 25.3 Å². The van der Waals surface area contributed by atoms with Crippen LogP contribution in [0.4, 0.5) is 0 Å². The molecule has 0 bridgehead atoms. The molecule has 1 atom stereocenters. The third-order valence-electron chi connectivity index (χ3n) is 2.48. The van der Waals surface area contributed by atoms with E-state index in [1.807, 2.05) is 0 Å². The minimum absolute atomic E-state index is 0.0899. The largest absolute Gasteiger partial charge is 0.475 e. The molecule has 5 heteroatoms. The summed E-state index contributed by atoms with van der Waals surface area (Å²) >= 11 is 0. The van der Waals surface area contributed by atoms with Crippen molar-refractivity contribution in [2.45, 2.75) is 25.4 Å². The topological polar surface area (TPSA) is 68.9 Å². The average molecular weight is 226 g/mol. The summed E-state index contributed by atoms with van der Waals surface area (Å²) in [7, 11) is 0. The van der Waals surface area contributed by atoms with Gasteiger partial charge in [-0.15, -0.1) is 0 Å². The van der Waals surface area contributed by atoms with E-state index < -0.39 is 5.97 Å². The molecule has 16 heavy (non-hydrogen) atoms. The Kier molecular flexibility index (Phi) is 3.46. The highest BCUT2D eigenvalue weighted by molar-refractivity contribution is 5.84. The monoisotopic (exact) mass is 226 g/mol. The standard InChI is InChI=1S/C11H14O5/c12-11(13)9-4-5-10(16-9)15-7-8-3-1-2-6-14-8/h4-5,8H,1-3,6-7H2,(H,12,13). The number of aromatic carboxylic acids is 1. The quantitative estimate of drug-likeness (QED) is 0.849. The third-order valence-corrected chi connectivity index (χ3v) is 2.48. The first-order chi connectivity index (χ1) is 7.75. The Bertz CT molecular complexity index is 351. The van der Waals surface area contributed by atoms with Gasteiger partial charge in [-0.3, -0.25) is 0 Å². The van der Waals surface area contributed by atoms with Crippen molar-refractivity contribution < 1.29 is 23.8 Å². The third kappa shape index (κ3) is 2.76. The first-order valence-electron chi connectivity index (χ1n) is 5.33. The van der Waals surface area contributed by atoms with E-state index in [1.54, 1.807) is 0 Å². The maximum atomic E-state index is 10.5. The van der Waals surface area contributed by atoms with E-state index >= 15 is 0 Å². The van der Waals surface area contributed by atoms with Gasteiger partial charge in [0.05, 0.1) is 6.10 Å². The second-order valence-corrected chi connectivity index (χ2v) is 3.72. The maximum absolute atomic E-state index is 10.5. The van der Waals surface area contributed by atoms with Crippen LogP contribution in [0.3, 0.4) is 0 Å². The van der Waals surface area contributed by atoms with Crippen LogP contribution in [0.1, 0.15) is 29.8 Å². The van der Waals surface area contributed by atoms with Gasteiger partial charge in [0.1, 0.15) is 6.61 Å². The fourth-order valence-electron chi connectivity index (χ4n) is 1.63. The van der Waals surface area contributed by atoms with E-state index in [2.05, 4.69) is 0 Å². The van der Waals surface area contributed by atoms with E-state index in [9.17, 15) is 4.79 Å². The number of carboxylic acids is 1. The summed E-state index contributed by atoms with van der Waals surface area (Å²) in [5.41, 5.74) is 0. The van der Waals surface area contributed by atoms with Crippen LogP contribution in [0.5, 0.6) is 5.95 Å². The van der Waals surface area contributed by atoms with E-state index in [4.69, 9.17) is 19.0 Å². The lowest BCUT2D eigenvalue weighted by atomic mass is 10.1. The fourth-order valence-corrected chi connectivity index (χ4v) is 1.63. The molecule has 0 radical (unpaired) electrons. The van der Waals surface area contributed by atoms with E-state index in [1.165, 1.54) is 12.1 Å². The summed E-state index contributed by atoms with van der Waals surface area (Å²) < 4.78 is 15.8. The van der Waals surface area contributed by atoms with Crippen molar-refractivity contribution in [3.05, 3.63) is 17.9 Å². The van der Waals surface area contributed by atoms with Gasteiger partial charge in [0.2, 0.25) is 5.76 Å². The van der Waals surface area contributed by atoms with Crippen molar-refractivity contribution in [3.8, 4) is 5.95 Å². The molecule has 1 unspecified atom stereocenters. The van der Waals surface area contributed by atoms with Crippen LogP contribution in [-0.2, 0) is 4.74 Å². The van der Waals surface area contributed by atoms with Crippen molar-refractivity contribution in [2.75, 3.05) is 13.2 Å². The molecule has 88 valence electrons. The Balaban J connectivity index is 1.81. The highest BCUT2D eigenvalue weighted by Crippen LogP contribution is 2.18. The minimum atomic E-state index is -1.09. The lowest BCUT2D eigenvalue weighted by Gasteiger charge is -2.21. The summed E-state index contributed by atoms with van der Waals surface area (Å²) in [6.45, 7) is 1.18. The Morgan fingerprint density at radius 2 is 2.38 bits per heavy atom. The zero-order chi connectivity index (χ0) is 11.4. The highest BCUT2D eigenvalue weighted by Gasteiger charge is 2.16. The summed E-state index contributed by atoms with van der Waals surface area (Å²) in [6.07, 6.45) is 3.31. The van der Waals surface area contributed by atoms with E-state index in [0.717, 1.165) is 25.9 Å². The maximum Gasteiger partial charge on any atom is 0.371 e. The number of furan rings is 1. The lowest BCUT2D eigenvalue weighted by Crippen LogP contribution is -2.25. The molecule has 0 amide bonds. The van der Waals surface area contributed by atoms with E-state index in [-0.39, 0.29) is 17.8 Å². The van der Waals surface area contributed by atoms with Crippen LogP contribution in [0.25, 0.3) is 0 Å². The summed E-state index contributed by atoms with van der Waals surface area (Å²) in [5, 5.41) is 8.64. The van der Waals surface area contributed by atoms with Gasteiger partial charge in [-0.2, -0.15) is 0 Å². The fraction of sp³-hybridized carbons (Fsp3) is 0.545. The number of hydrogen-bond acceptors (Lipinski definition) is 4. The Labute approximate surface area is 93.0 Å². The van der Waals surface area contributed by atoms with Crippen LogP contribution >= 0.6 is 0 Å². The number of rotatable bonds is 4. The van der Waals surface area contributed by atoms with Gasteiger partial charge in [-0.1, -0.05) is 0 Å². The SMILES string of the molecule is O=C(O)c1ccc(OCC2CCCCO2)o1. The van der Waals surface area contributed by atoms with Gasteiger partial charge >= 0.3 is 5.97 Å². The molecule has 1 aliphatic rings. The normalized spacial score (nSPS) is 20.6. The summed E-state index contributed by atoms with van der Waals surface area (Å²) in [6, 6.07) is 2.88. The Morgan fingerprint density at radius 1 is 1.50 bits per heavy atom. The number of carboxylic acid groups (broad SMARTS) is 1. The average Bonchev–Trinajstić information content (AvgIpc) is 2.76. The van der Waals surface area contributed by atoms with Gasteiger partial charge in [0, 0.05) is 12.7 Å². The Morgan fingerprint density at radius 3 is 3.00 bits per heavy atom. The molecule has 0 saturated carbocycles. The second kappa shape index (κ2) is 5.03. The molecule has 0 aromatic carbocycles. The van der Waals surface area contributed by atoms with Gasteiger partial charge in [0.15, 0.2) is 0 Å². The van der Waals surface area contributed by atoms with Crippen LogP contribution in [0.15, 0.2) is 16.5 Å². The van der Waals surface area contributed by atoms with Crippen molar-refractivity contribution in [1.82, 2.24) is 0 Å². The van der Waals surface area contributed by atoms with Gasteiger partial charge < -0.3 is 19.0 Å². The zero-order valence-electron chi connectivity index (χ0n) is 8.85. The van der Waals surface area contributed by atoms with Crippen LogP contribution in [0.2, 0.25) is 0 Å². The number of hydrogen-bond donors (Lipinski definition) is 1. The molecule has 5 nitrogen and oxygen atoms in total. The molecule has 1 fully saturated rings. The number of ether oxygens (including phenoxy) is 2. The molecule has 1 N–H and O–H groups in total. The molecule has 0 aliphatic carbocycles. The molecule has 2 rings (SSSR count). The molecule has 2 heterocycles. The molecule has 1 aliphatic heterocycles. The van der Waals surface area contributed by atoms with Crippen LogP contribution in [0, 0.1) is 0 Å². The first-order valence-corrected chi connectivity index (χ1v) is 5.33. The van der Waals surface area contributed by atoms with Crippen LogP contribution < -0.4 is 4.74 Å². The van der Waals surface area contributed by atoms with Gasteiger partial charge in [-0.25, -0.2) is 4.79 Å². The molecule has 1 aromatic heterocycles. The molecule has 1 saturated heterocycles. The Hall–Kier alpha value is -1.49. The first kappa shape index (κ1) is 11.0. The zero-order valence-corrected chi connectivity index (χ0v) is 8.85. The predicted molar refractivity (Wildman–Crippen MR) is 54.8 cm³/mol. The van der Waals surface area contributed by atoms with Gasteiger partial charge in [0.25, 0.3) is 5.95 Å². The highest BCUT2D eigenvalue weighted by atomic mass is 16.6. The smallest absolute Gasteiger partial charge is 0.371 e. The number of carbonyl (C=O) groups is 1. The molecular weight excluding hydrogens is 212 g/mol. The molecular formula is C11H14O5. The van der Waals surface area contributed by atoms with Crippen molar-refractivity contribution >= 4 is 5.97 Å². The van der Waals surface area contributed by atoms with Crippen molar-refractivity contribution in [3.63, 3.8) is 0 Å². The lowest BCUT2D eigenvalue weighted by molar-refractivity contribution is -0.0157. The second-order valence-electron chi connectivity index (χ2n) is 3.72. The predicted octanol–water partition coefficient (Wildman–Crippen LogP) is 1.93. The van der Waals surface area contributed by atoms with E-state index in [0.29, 0.717) is 6.61 Å². The minimum Gasteiger partial charge on any atom is -0.475 e. The summed E-state index contributed by atoms with van der Waals surface area (Å²) in [4.78, 5) is 10.5. The molecule has 0 spiro atoms. The molecule has 1 aromatic rings. The van der Waals surface area contributed by atoms with Crippen molar-refractivity contribution in [1.29, 1.82) is 0 Å². The van der Waals surface area contributed by atoms with Crippen molar-refractivity contribution in [2.24, 2.45) is 0 Å².